The Morgan fingerprint density at radius 2 is 1.80 bits per heavy atom. The van der Waals surface area contributed by atoms with Crippen LogP contribution in [0.15, 0.2) is 46.9 Å². The Hall–Kier alpha value is -2.09. The number of halogens is 1. The molecule has 1 heterocycles. The summed E-state index contributed by atoms with van der Waals surface area (Å²) in [6.45, 7) is 9.03. The molecule has 1 N–H and O–H groups in total. The van der Waals surface area contributed by atoms with Gasteiger partial charge in [0.05, 0.1) is 18.2 Å². The Bertz CT molecular complexity index is 824. The molecular weight excluding hydrogens is 446 g/mol. The van der Waals surface area contributed by atoms with Crippen LogP contribution in [0.25, 0.3) is 0 Å². The van der Waals surface area contributed by atoms with Gasteiger partial charge in [0, 0.05) is 51.4 Å². The van der Waals surface area contributed by atoms with Gasteiger partial charge >= 0.3 is 0 Å². The molecule has 1 saturated heterocycles. The zero-order valence-electron chi connectivity index (χ0n) is 17.7. The zero-order chi connectivity index (χ0) is 21.3. The summed E-state index contributed by atoms with van der Waals surface area (Å²) in [5.41, 5.74) is 1.91. The second-order valence-electron chi connectivity index (χ2n) is 7.28. The van der Waals surface area contributed by atoms with E-state index in [1.165, 1.54) is 5.56 Å². The van der Waals surface area contributed by atoms with Gasteiger partial charge in [-0.1, -0.05) is 30.3 Å². The number of nitrogens with one attached hydrogen (secondary N) is 1. The van der Waals surface area contributed by atoms with Crippen molar-refractivity contribution in [2.24, 2.45) is 0 Å². The number of amides is 1. The highest BCUT2D eigenvalue weighted by Gasteiger charge is 2.18. The summed E-state index contributed by atoms with van der Waals surface area (Å²) >= 11 is 3.47. The molecule has 7 heteroatoms. The van der Waals surface area contributed by atoms with E-state index in [-0.39, 0.29) is 5.91 Å². The van der Waals surface area contributed by atoms with Gasteiger partial charge in [0.2, 0.25) is 0 Å². The van der Waals surface area contributed by atoms with Gasteiger partial charge in [0.15, 0.2) is 11.5 Å². The molecule has 1 aliphatic rings. The lowest BCUT2D eigenvalue weighted by Crippen LogP contribution is -2.48. The minimum Gasteiger partial charge on any atom is -0.493 e. The first-order valence-electron chi connectivity index (χ1n) is 10.4. The third-order valence-electron chi connectivity index (χ3n) is 5.21. The van der Waals surface area contributed by atoms with E-state index in [9.17, 15) is 4.79 Å². The highest BCUT2D eigenvalue weighted by atomic mass is 79.9. The number of benzene rings is 2. The summed E-state index contributed by atoms with van der Waals surface area (Å²) in [6, 6.07) is 14.1. The molecule has 30 heavy (non-hydrogen) atoms. The zero-order valence-corrected chi connectivity index (χ0v) is 19.3. The third kappa shape index (κ3) is 6.20. The molecule has 2 aromatic rings. The molecule has 1 fully saturated rings. The van der Waals surface area contributed by atoms with Crippen molar-refractivity contribution in [3.8, 4) is 11.5 Å². The van der Waals surface area contributed by atoms with E-state index < -0.39 is 0 Å². The van der Waals surface area contributed by atoms with Gasteiger partial charge in [-0.3, -0.25) is 14.6 Å². The van der Waals surface area contributed by atoms with Crippen LogP contribution in [-0.2, 0) is 6.54 Å². The van der Waals surface area contributed by atoms with Gasteiger partial charge in [0.1, 0.15) is 0 Å². The number of hydrogen-bond acceptors (Lipinski definition) is 5. The number of piperazine rings is 1. The van der Waals surface area contributed by atoms with Crippen LogP contribution in [0.4, 0.5) is 0 Å². The van der Waals surface area contributed by atoms with E-state index >= 15 is 0 Å². The lowest BCUT2D eigenvalue weighted by Gasteiger charge is -2.34. The van der Waals surface area contributed by atoms with Crippen LogP contribution < -0.4 is 14.8 Å². The second kappa shape index (κ2) is 11.3. The number of nitrogens with zero attached hydrogens (tertiary/aromatic N) is 2. The van der Waals surface area contributed by atoms with Gasteiger partial charge < -0.3 is 14.8 Å². The van der Waals surface area contributed by atoms with Crippen molar-refractivity contribution in [1.29, 1.82) is 0 Å². The van der Waals surface area contributed by atoms with Crippen molar-refractivity contribution in [3.63, 3.8) is 0 Å². The van der Waals surface area contributed by atoms with Crippen molar-refractivity contribution in [2.45, 2.75) is 13.5 Å². The highest BCUT2D eigenvalue weighted by molar-refractivity contribution is 9.10. The average Bonchev–Trinajstić information content (AvgIpc) is 2.77. The smallest absolute Gasteiger partial charge is 0.251 e. The van der Waals surface area contributed by atoms with Crippen LogP contribution in [0.1, 0.15) is 22.8 Å². The number of ether oxygens (including phenoxy) is 2. The fraction of sp³-hybridized carbons (Fsp3) is 0.435. The van der Waals surface area contributed by atoms with Crippen LogP contribution in [0.3, 0.4) is 0 Å². The standard InChI is InChI=1S/C23H30BrN3O3/c1-3-30-22-20(24)15-19(16-21(22)29-2)23(28)25-9-10-26-11-13-27(14-12-26)17-18-7-5-4-6-8-18/h4-8,15-16H,3,9-14,17H2,1-2H3,(H,25,28). The Morgan fingerprint density at radius 1 is 1.10 bits per heavy atom. The van der Waals surface area contributed by atoms with Crippen LogP contribution in [0.2, 0.25) is 0 Å². The van der Waals surface area contributed by atoms with Crippen molar-refractivity contribution in [3.05, 3.63) is 58.1 Å². The molecular formula is C23H30BrN3O3. The highest BCUT2D eigenvalue weighted by Crippen LogP contribution is 2.36. The topological polar surface area (TPSA) is 54.0 Å². The fourth-order valence-electron chi connectivity index (χ4n) is 3.58. The molecule has 0 spiro atoms. The SMILES string of the molecule is CCOc1c(Br)cc(C(=O)NCCN2CCN(Cc3ccccc3)CC2)cc1OC. The number of hydrogen-bond donors (Lipinski definition) is 1. The van der Waals surface area contributed by atoms with Crippen LogP contribution >= 0.6 is 15.9 Å². The molecule has 0 aliphatic carbocycles. The van der Waals surface area contributed by atoms with E-state index in [2.05, 4.69) is 61.4 Å². The molecule has 3 rings (SSSR count). The second-order valence-corrected chi connectivity index (χ2v) is 8.14. The van der Waals surface area contributed by atoms with E-state index in [1.54, 1.807) is 19.2 Å². The predicted molar refractivity (Wildman–Crippen MR) is 122 cm³/mol. The molecule has 0 aromatic heterocycles. The molecule has 1 amide bonds. The summed E-state index contributed by atoms with van der Waals surface area (Å²) in [7, 11) is 1.57. The molecule has 0 radical (unpaired) electrons. The number of carbonyl (C=O) groups is 1. The first-order valence-corrected chi connectivity index (χ1v) is 11.2. The van der Waals surface area contributed by atoms with Crippen molar-refractivity contribution in [2.75, 3.05) is 53.0 Å². The lowest BCUT2D eigenvalue weighted by atomic mass is 10.2. The predicted octanol–water partition coefficient (Wildman–Crippen LogP) is 3.40. The van der Waals surface area contributed by atoms with Crippen LogP contribution in [0, 0.1) is 0 Å². The quantitative estimate of drug-likeness (QED) is 0.602. The molecule has 0 bridgehead atoms. The van der Waals surface area contributed by atoms with E-state index in [1.807, 2.05) is 6.92 Å². The summed E-state index contributed by atoms with van der Waals surface area (Å²) in [5, 5.41) is 3.02. The Morgan fingerprint density at radius 3 is 2.47 bits per heavy atom. The van der Waals surface area contributed by atoms with Crippen molar-refractivity contribution >= 4 is 21.8 Å². The maximum Gasteiger partial charge on any atom is 0.251 e. The average molecular weight is 476 g/mol. The number of carbonyl (C=O) groups excluding carboxylic acids is 1. The lowest BCUT2D eigenvalue weighted by molar-refractivity contribution is 0.0933. The van der Waals surface area contributed by atoms with Crippen molar-refractivity contribution in [1.82, 2.24) is 15.1 Å². The Kier molecular flexibility index (Phi) is 8.54. The first-order chi connectivity index (χ1) is 14.6. The normalized spacial score (nSPS) is 15.0. The molecule has 0 unspecified atom stereocenters. The fourth-order valence-corrected chi connectivity index (χ4v) is 4.13. The maximum atomic E-state index is 12.6. The van der Waals surface area contributed by atoms with Gasteiger partial charge in [-0.25, -0.2) is 0 Å². The minimum atomic E-state index is -0.111. The summed E-state index contributed by atoms with van der Waals surface area (Å²) in [4.78, 5) is 17.5. The number of methoxy groups -OCH3 is 1. The van der Waals surface area contributed by atoms with Crippen LogP contribution in [0.5, 0.6) is 11.5 Å². The van der Waals surface area contributed by atoms with Crippen LogP contribution in [-0.4, -0.2) is 68.7 Å². The molecule has 2 aromatic carbocycles. The van der Waals surface area contributed by atoms with Gasteiger partial charge in [-0.05, 0) is 40.5 Å². The first kappa shape index (κ1) is 22.6. The Balaban J connectivity index is 1.43. The molecule has 0 atom stereocenters. The molecule has 0 saturated carbocycles. The van der Waals surface area contributed by atoms with Crippen molar-refractivity contribution < 1.29 is 14.3 Å². The summed E-state index contributed by atoms with van der Waals surface area (Å²) < 4.78 is 11.7. The number of rotatable bonds is 9. The Labute approximate surface area is 187 Å². The molecule has 1 aliphatic heterocycles. The molecule has 6 nitrogen and oxygen atoms in total. The summed E-state index contributed by atoms with van der Waals surface area (Å²) in [6.07, 6.45) is 0. The largest absolute Gasteiger partial charge is 0.493 e. The third-order valence-corrected chi connectivity index (χ3v) is 5.80. The van der Waals surface area contributed by atoms with Gasteiger partial charge in [0.25, 0.3) is 5.91 Å². The minimum absolute atomic E-state index is 0.111. The molecule has 162 valence electrons. The van der Waals surface area contributed by atoms with E-state index in [4.69, 9.17) is 9.47 Å². The van der Waals surface area contributed by atoms with E-state index in [0.29, 0.717) is 34.7 Å². The van der Waals surface area contributed by atoms with Gasteiger partial charge in [-0.15, -0.1) is 0 Å². The maximum absolute atomic E-state index is 12.6. The van der Waals surface area contributed by atoms with Gasteiger partial charge in [-0.2, -0.15) is 0 Å². The summed E-state index contributed by atoms with van der Waals surface area (Å²) in [5.74, 6) is 1.05. The van der Waals surface area contributed by atoms with E-state index in [0.717, 1.165) is 39.3 Å². The monoisotopic (exact) mass is 475 g/mol.